The number of ether oxygens (including phenoxy) is 1. The van der Waals surface area contributed by atoms with Crippen LogP contribution in [0.4, 0.5) is 5.69 Å². The molecule has 1 aliphatic heterocycles. The van der Waals surface area contributed by atoms with Crippen molar-refractivity contribution in [1.29, 1.82) is 0 Å². The molecule has 0 spiro atoms. The number of aromatic nitrogens is 1. The molecule has 2 heterocycles. The van der Waals surface area contributed by atoms with E-state index in [1.807, 2.05) is 37.3 Å². The number of benzene rings is 2. The summed E-state index contributed by atoms with van der Waals surface area (Å²) in [7, 11) is 0. The molecule has 0 aliphatic carbocycles. The third-order valence-corrected chi connectivity index (χ3v) is 4.54. The van der Waals surface area contributed by atoms with Crippen LogP contribution in [0.15, 0.2) is 41.9 Å². The molecule has 0 radical (unpaired) electrons. The monoisotopic (exact) mass is 310 g/mol. The van der Waals surface area contributed by atoms with Gasteiger partial charge in [0.2, 0.25) is 0 Å². The molecular weight excluding hydrogens is 296 g/mol. The minimum absolute atomic E-state index is 0.109. The van der Waals surface area contributed by atoms with Gasteiger partial charge in [0.15, 0.2) is 0 Å². The first-order chi connectivity index (χ1) is 10.7. The Bertz CT molecular complexity index is 872. The molecule has 1 amide bonds. The van der Waals surface area contributed by atoms with Gasteiger partial charge in [0.25, 0.3) is 5.91 Å². The number of amides is 1. The highest BCUT2D eigenvalue weighted by atomic mass is 32.1. The summed E-state index contributed by atoms with van der Waals surface area (Å²) in [5, 5.41) is 2.95. The third kappa shape index (κ3) is 2.33. The summed E-state index contributed by atoms with van der Waals surface area (Å²) in [6, 6.07) is 11.3. The average molecular weight is 310 g/mol. The SMILES string of the molecule is CC1Cc2cc(NC(=O)c3ccc4ncsc4c3)ccc2O1. The van der Waals surface area contributed by atoms with Crippen molar-refractivity contribution in [3.8, 4) is 5.75 Å². The van der Waals surface area contributed by atoms with E-state index < -0.39 is 0 Å². The van der Waals surface area contributed by atoms with E-state index in [1.54, 1.807) is 11.6 Å². The average Bonchev–Trinajstić information content (AvgIpc) is 3.10. The van der Waals surface area contributed by atoms with Gasteiger partial charge < -0.3 is 10.1 Å². The Kier molecular flexibility index (Phi) is 3.08. The van der Waals surface area contributed by atoms with Crippen LogP contribution < -0.4 is 10.1 Å². The molecular formula is C17H14N2O2S. The van der Waals surface area contributed by atoms with Gasteiger partial charge in [-0.05, 0) is 48.9 Å². The number of hydrogen-bond acceptors (Lipinski definition) is 4. The van der Waals surface area contributed by atoms with Gasteiger partial charge in [0, 0.05) is 17.7 Å². The minimum atomic E-state index is -0.109. The molecule has 1 unspecified atom stereocenters. The first kappa shape index (κ1) is 13.3. The highest BCUT2D eigenvalue weighted by Gasteiger charge is 2.19. The fourth-order valence-electron chi connectivity index (χ4n) is 2.70. The topological polar surface area (TPSA) is 51.2 Å². The Labute approximate surface area is 131 Å². The Morgan fingerprint density at radius 2 is 2.23 bits per heavy atom. The summed E-state index contributed by atoms with van der Waals surface area (Å²) in [6.07, 6.45) is 1.08. The van der Waals surface area contributed by atoms with Crippen molar-refractivity contribution in [2.45, 2.75) is 19.4 Å². The molecule has 1 N–H and O–H groups in total. The Balaban J connectivity index is 1.58. The molecule has 0 saturated carbocycles. The van der Waals surface area contributed by atoms with Crippen molar-refractivity contribution < 1.29 is 9.53 Å². The molecule has 1 aromatic heterocycles. The van der Waals surface area contributed by atoms with Gasteiger partial charge in [0.1, 0.15) is 11.9 Å². The molecule has 0 saturated heterocycles. The maximum Gasteiger partial charge on any atom is 0.255 e. The molecule has 5 heteroatoms. The maximum atomic E-state index is 12.4. The van der Waals surface area contributed by atoms with Crippen LogP contribution in [-0.4, -0.2) is 17.0 Å². The summed E-state index contributed by atoms with van der Waals surface area (Å²) in [6.45, 7) is 2.04. The predicted octanol–water partition coefficient (Wildman–Crippen LogP) is 3.87. The summed E-state index contributed by atoms with van der Waals surface area (Å²) in [5.74, 6) is 0.804. The zero-order chi connectivity index (χ0) is 15.1. The van der Waals surface area contributed by atoms with Crippen molar-refractivity contribution in [2.75, 3.05) is 5.32 Å². The first-order valence-electron chi connectivity index (χ1n) is 7.13. The van der Waals surface area contributed by atoms with E-state index in [4.69, 9.17) is 4.74 Å². The zero-order valence-electron chi connectivity index (χ0n) is 12.0. The van der Waals surface area contributed by atoms with Crippen LogP contribution in [0.2, 0.25) is 0 Å². The van der Waals surface area contributed by atoms with Gasteiger partial charge >= 0.3 is 0 Å². The van der Waals surface area contributed by atoms with E-state index in [0.717, 1.165) is 33.6 Å². The molecule has 4 rings (SSSR count). The van der Waals surface area contributed by atoms with Crippen LogP contribution in [-0.2, 0) is 6.42 Å². The van der Waals surface area contributed by atoms with Crippen LogP contribution in [0.1, 0.15) is 22.8 Å². The predicted molar refractivity (Wildman–Crippen MR) is 87.8 cm³/mol. The maximum absolute atomic E-state index is 12.4. The molecule has 0 bridgehead atoms. The molecule has 1 aliphatic rings. The molecule has 3 aromatic rings. The van der Waals surface area contributed by atoms with Gasteiger partial charge in [-0.1, -0.05) is 0 Å². The lowest BCUT2D eigenvalue weighted by atomic mass is 10.1. The van der Waals surface area contributed by atoms with E-state index in [9.17, 15) is 4.79 Å². The van der Waals surface area contributed by atoms with Gasteiger partial charge in [-0.15, -0.1) is 11.3 Å². The van der Waals surface area contributed by atoms with Crippen LogP contribution in [0.5, 0.6) is 5.75 Å². The van der Waals surface area contributed by atoms with E-state index in [0.29, 0.717) is 5.56 Å². The lowest BCUT2D eigenvalue weighted by Gasteiger charge is -2.07. The Morgan fingerprint density at radius 1 is 1.32 bits per heavy atom. The number of carbonyl (C=O) groups excluding carboxylic acids is 1. The van der Waals surface area contributed by atoms with Crippen molar-refractivity contribution >= 4 is 33.1 Å². The van der Waals surface area contributed by atoms with Crippen molar-refractivity contribution in [2.24, 2.45) is 0 Å². The quantitative estimate of drug-likeness (QED) is 0.781. The van der Waals surface area contributed by atoms with Crippen LogP contribution in [0.25, 0.3) is 10.2 Å². The second-order valence-corrected chi connectivity index (χ2v) is 6.33. The number of fused-ring (bicyclic) bond motifs is 2. The second kappa shape index (κ2) is 5.10. The molecule has 2 aromatic carbocycles. The van der Waals surface area contributed by atoms with E-state index in [1.165, 1.54) is 11.3 Å². The first-order valence-corrected chi connectivity index (χ1v) is 8.01. The smallest absolute Gasteiger partial charge is 0.255 e. The molecule has 1 atom stereocenters. The second-order valence-electron chi connectivity index (χ2n) is 5.44. The lowest BCUT2D eigenvalue weighted by Crippen LogP contribution is -2.11. The Hall–Kier alpha value is -2.40. The van der Waals surface area contributed by atoms with E-state index in [-0.39, 0.29) is 12.0 Å². The summed E-state index contributed by atoms with van der Waals surface area (Å²) in [5.41, 5.74) is 5.29. The summed E-state index contributed by atoms with van der Waals surface area (Å²) >= 11 is 1.53. The number of hydrogen-bond donors (Lipinski definition) is 1. The minimum Gasteiger partial charge on any atom is -0.490 e. The normalized spacial score (nSPS) is 16.3. The van der Waals surface area contributed by atoms with E-state index >= 15 is 0 Å². The van der Waals surface area contributed by atoms with Crippen molar-refractivity contribution in [1.82, 2.24) is 4.98 Å². The molecule has 0 fully saturated rings. The number of nitrogens with zero attached hydrogens (tertiary/aromatic N) is 1. The third-order valence-electron chi connectivity index (χ3n) is 3.75. The molecule has 110 valence electrons. The van der Waals surface area contributed by atoms with E-state index in [2.05, 4.69) is 10.3 Å². The van der Waals surface area contributed by atoms with Crippen molar-refractivity contribution in [3.63, 3.8) is 0 Å². The molecule has 4 nitrogen and oxygen atoms in total. The van der Waals surface area contributed by atoms with Gasteiger partial charge in [-0.25, -0.2) is 4.98 Å². The van der Waals surface area contributed by atoms with Crippen LogP contribution >= 0.6 is 11.3 Å². The molecule has 22 heavy (non-hydrogen) atoms. The number of thiazole rings is 1. The number of carbonyl (C=O) groups is 1. The highest BCUT2D eigenvalue weighted by Crippen LogP contribution is 2.31. The number of nitrogens with one attached hydrogen (secondary N) is 1. The fraction of sp³-hybridized carbons (Fsp3) is 0.176. The zero-order valence-corrected chi connectivity index (χ0v) is 12.8. The van der Waals surface area contributed by atoms with Crippen LogP contribution in [0.3, 0.4) is 0 Å². The summed E-state index contributed by atoms with van der Waals surface area (Å²) in [4.78, 5) is 16.6. The lowest BCUT2D eigenvalue weighted by molar-refractivity contribution is 0.102. The highest BCUT2D eigenvalue weighted by molar-refractivity contribution is 7.16. The van der Waals surface area contributed by atoms with Crippen molar-refractivity contribution in [3.05, 3.63) is 53.0 Å². The summed E-state index contributed by atoms with van der Waals surface area (Å²) < 4.78 is 6.69. The van der Waals surface area contributed by atoms with Crippen LogP contribution in [0, 0.1) is 0 Å². The van der Waals surface area contributed by atoms with Gasteiger partial charge in [-0.3, -0.25) is 4.79 Å². The number of anilines is 1. The Morgan fingerprint density at radius 3 is 3.14 bits per heavy atom. The fourth-order valence-corrected chi connectivity index (χ4v) is 3.42. The van der Waals surface area contributed by atoms with Gasteiger partial charge in [0.05, 0.1) is 15.7 Å². The largest absolute Gasteiger partial charge is 0.490 e. The standard InChI is InChI=1S/C17H14N2O2S/c1-10-6-12-7-13(3-5-15(12)21-10)19-17(20)11-2-4-14-16(8-11)22-9-18-14/h2-5,7-10H,6H2,1H3,(H,19,20). The number of rotatable bonds is 2. The van der Waals surface area contributed by atoms with Gasteiger partial charge in [-0.2, -0.15) is 0 Å².